The molecular formula is C19H27ClN4OS. The van der Waals surface area contributed by atoms with Crippen LogP contribution in [0.25, 0.3) is 5.70 Å². The van der Waals surface area contributed by atoms with E-state index in [0.29, 0.717) is 23.9 Å². The van der Waals surface area contributed by atoms with E-state index in [1.165, 1.54) is 0 Å². The average Bonchev–Trinajstić information content (AvgIpc) is 2.93. The van der Waals surface area contributed by atoms with E-state index >= 15 is 0 Å². The number of anilines is 1. The molecule has 7 heteroatoms. The second-order valence-corrected chi connectivity index (χ2v) is 7.97. The van der Waals surface area contributed by atoms with Gasteiger partial charge in [0.15, 0.2) is 5.15 Å². The van der Waals surface area contributed by atoms with Gasteiger partial charge in [0, 0.05) is 12.3 Å². The highest BCUT2D eigenvalue weighted by molar-refractivity contribution is 7.98. The van der Waals surface area contributed by atoms with E-state index < -0.39 is 5.54 Å². The van der Waals surface area contributed by atoms with Crippen LogP contribution >= 0.6 is 23.4 Å². The molecule has 2 unspecified atom stereocenters. The number of thioether (sulfide) groups is 1. The van der Waals surface area contributed by atoms with Gasteiger partial charge in [-0.25, -0.2) is 4.68 Å². The number of hydrogen-bond acceptors (Lipinski definition) is 4. The highest BCUT2D eigenvalue weighted by atomic mass is 35.5. The SMILES string of the molecule is CCN(C(=O)C(C)(N)CSC)c1cn(C2=CC=CC(C)CC=C2)nc1Cl. The van der Waals surface area contributed by atoms with Gasteiger partial charge in [-0.2, -0.15) is 16.9 Å². The summed E-state index contributed by atoms with van der Waals surface area (Å²) in [4.78, 5) is 14.5. The summed E-state index contributed by atoms with van der Waals surface area (Å²) >= 11 is 7.91. The minimum atomic E-state index is -0.959. The molecule has 1 aliphatic rings. The van der Waals surface area contributed by atoms with Crippen LogP contribution in [0.5, 0.6) is 0 Å². The monoisotopic (exact) mass is 394 g/mol. The number of halogens is 1. The summed E-state index contributed by atoms with van der Waals surface area (Å²) in [5.41, 5.74) is 6.73. The number of likely N-dealkylation sites (N-methyl/N-ethyl adjacent to an activating group) is 1. The van der Waals surface area contributed by atoms with Crippen LogP contribution in [0.3, 0.4) is 0 Å². The minimum absolute atomic E-state index is 0.160. The first kappa shape index (κ1) is 20.8. The van der Waals surface area contributed by atoms with Gasteiger partial charge in [0.2, 0.25) is 5.91 Å². The fraction of sp³-hybridized carbons (Fsp3) is 0.474. The maximum atomic E-state index is 12.9. The second-order valence-electron chi connectivity index (χ2n) is 6.74. The molecule has 0 radical (unpaired) electrons. The Bertz CT molecular complexity index is 736. The Morgan fingerprint density at radius 1 is 1.58 bits per heavy atom. The molecule has 2 rings (SSSR count). The molecule has 0 saturated heterocycles. The number of nitrogens with two attached hydrogens (primary N) is 1. The van der Waals surface area contributed by atoms with Gasteiger partial charge in [-0.05, 0) is 44.6 Å². The summed E-state index contributed by atoms with van der Waals surface area (Å²) in [6.07, 6.45) is 15.0. The quantitative estimate of drug-likeness (QED) is 0.793. The summed E-state index contributed by atoms with van der Waals surface area (Å²) in [6, 6.07) is 0. The van der Waals surface area contributed by atoms with E-state index in [9.17, 15) is 4.79 Å². The third-order valence-electron chi connectivity index (χ3n) is 4.20. The molecule has 1 amide bonds. The van der Waals surface area contributed by atoms with Gasteiger partial charge < -0.3 is 10.6 Å². The van der Waals surface area contributed by atoms with Crippen molar-refractivity contribution < 1.29 is 4.79 Å². The van der Waals surface area contributed by atoms with Gasteiger partial charge in [-0.15, -0.1) is 0 Å². The molecule has 0 saturated carbocycles. The lowest BCUT2D eigenvalue weighted by molar-refractivity contribution is -0.122. The lowest BCUT2D eigenvalue weighted by atomic mass is 10.0. The molecule has 5 nitrogen and oxygen atoms in total. The number of carbonyl (C=O) groups excluding carboxylic acids is 1. The van der Waals surface area contributed by atoms with Crippen LogP contribution < -0.4 is 10.6 Å². The Morgan fingerprint density at radius 3 is 2.96 bits per heavy atom. The normalized spacial score (nSPS) is 19.5. The summed E-state index contributed by atoms with van der Waals surface area (Å²) in [5, 5.41) is 4.68. The Labute approximate surface area is 164 Å². The minimum Gasteiger partial charge on any atom is -0.317 e. The van der Waals surface area contributed by atoms with Crippen LogP contribution in [0, 0.1) is 5.92 Å². The molecule has 2 N–H and O–H groups in total. The molecular weight excluding hydrogens is 368 g/mol. The van der Waals surface area contributed by atoms with E-state index in [4.69, 9.17) is 17.3 Å². The van der Waals surface area contributed by atoms with Crippen molar-refractivity contribution >= 4 is 40.7 Å². The molecule has 26 heavy (non-hydrogen) atoms. The van der Waals surface area contributed by atoms with Crippen LogP contribution in [-0.2, 0) is 4.79 Å². The van der Waals surface area contributed by atoms with Gasteiger partial charge in [-0.1, -0.05) is 36.8 Å². The van der Waals surface area contributed by atoms with Gasteiger partial charge in [0.25, 0.3) is 0 Å². The van der Waals surface area contributed by atoms with Gasteiger partial charge in [0.1, 0.15) is 11.2 Å². The van der Waals surface area contributed by atoms with Crippen molar-refractivity contribution in [2.75, 3.05) is 23.5 Å². The zero-order valence-electron chi connectivity index (χ0n) is 15.8. The summed E-state index contributed by atoms with van der Waals surface area (Å²) < 4.78 is 1.70. The average molecular weight is 395 g/mol. The predicted molar refractivity (Wildman–Crippen MR) is 113 cm³/mol. The van der Waals surface area contributed by atoms with E-state index in [1.54, 1.807) is 34.5 Å². The van der Waals surface area contributed by atoms with Crippen molar-refractivity contribution in [2.45, 2.75) is 32.7 Å². The molecule has 0 aromatic carbocycles. The molecule has 0 bridgehead atoms. The van der Waals surface area contributed by atoms with Crippen LogP contribution in [0.1, 0.15) is 27.2 Å². The molecule has 0 aliphatic heterocycles. The molecule has 1 aromatic heterocycles. The molecule has 0 spiro atoms. The van der Waals surface area contributed by atoms with Gasteiger partial charge >= 0.3 is 0 Å². The fourth-order valence-electron chi connectivity index (χ4n) is 2.78. The molecule has 1 aromatic rings. The fourth-order valence-corrected chi connectivity index (χ4v) is 3.74. The third kappa shape index (κ3) is 4.81. The Balaban J connectivity index is 2.35. The first-order valence-corrected chi connectivity index (χ1v) is 10.5. The number of aromatic nitrogens is 2. The first-order valence-electron chi connectivity index (χ1n) is 8.70. The van der Waals surface area contributed by atoms with Gasteiger partial charge in [0.05, 0.1) is 11.9 Å². The number of carbonyl (C=O) groups is 1. The number of allylic oxidation sites excluding steroid dienone is 6. The van der Waals surface area contributed by atoms with Crippen molar-refractivity contribution in [3.63, 3.8) is 0 Å². The second kappa shape index (κ2) is 8.93. The lowest BCUT2D eigenvalue weighted by Gasteiger charge is -2.30. The van der Waals surface area contributed by atoms with Crippen LogP contribution in [-0.4, -0.2) is 39.8 Å². The van der Waals surface area contributed by atoms with Crippen LogP contribution in [0.15, 0.2) is 36.6 Å². The summed E-state index contributed by atoms with van der Waals surface area (Å²) in [6.45, 7) is 6.29. The molecule has 1 heterocycles. The molecule has 2 atom stereocenters. The molecule has 142 valence electrons. The van der Waals surface area contributed by atoms with Crippen LogP contribution in [0.4, 0.5) is 5.69 Å². The van der Waals surface area contributed by atoms with Crippen molar-refractivity contribution in [1.29, 1.82) is 0 Å². The van der Waals surface area contributed by atoms with E-state index in [2.05, 4.69) is 24.2 Å². The topological polar surface area (TPSA) is 64.2 Å². The number of amides is 1. The van der Waals surface area contributed by atoms with E-state index in [0.717, 1.165) is 12.1 Å². The van der Waals surface area contributed by atoms with Crippen molar-refractivity contribution in [3.05, 3.63) is 41.7 Å². The van der Waals surface area contributed by atoms with Gasteiger partial charge in [-0.3, -0.25) is 4.79 Å². The smallest absolute Gasteiger partial charge is 0.247 e. The van der Waals surface area contributed by atoms with Crippen molar-refractivity contribution in [1.82, 2.24) is 9.78 Å². The third-order valence-corrected chi connectivity index (χ3v) is 5.36. The first-order chi connectivity index (χ1) is 12.3. The summed E-state index contributed by atoms with van der Waals surface area (Å²) in [7, 11) is 0. The Morgan fingerprint density at radius 2 is 2.31 bits per heavy atom. The maximum absolute atomic E-state index is 12.9. The Hall–Kier alpha value is -1.50. The number of nitrogens with zero attached hydrogens (tertiary/aromatic N) is 3. The van der Waals surface area contributed by atoms with Crippen molar-refractivity contribution in [2.24, 2.45) is 11.7 Å². The lowest BCUT2D eigenvalue weighted by Crippen LogP contribution is -2.55. The van der Waals surface area contributed by atoms with Crippen LogP contribution in [0.2, 0.25) is 5.15 Å². The maximum Gasteiger partial charge on any atom is 0.247 e. The zero-order valence-corrected chi connectivity index (χ0v) is 17.3. The highest BCUT2D eigenvalue weighted by Gasteiger charge is 2.34. The zero-order chi connectivity index (χ0) is 19.3. The summed E-state index contributed by atoms with van der Waals surface area (Å²) in [5.74, 6) is 0.879. The highest BCUT2D eigenvalue weighted by Crippen LogP contribution is 2.28. The van der Waals surface area contributed by atoms with Crippen molar-refractivity contribution in [3.8, 4) is 0 Å². The molecule has 1 aliphatic carbocycles. The largest absolute Gasteiger partial charge is 0.317 e. The van der Waals surface area contributed by atoms with E-state index in [1.807, 2.05) is 31.4 Å². The van der Waals surface area contributed by atoms with E-state index in [-0.39, 0.29) is 11.1 Å². The molecule has 0 fully saturated rings. The number of rotatable bonds is 6. The standard InChI is InChI=1S/C19H27ClN4OS/c1-5-23(18(25)19(3,21)13-26-4)16-12-24(22-17(16)20)15-10-6-8-14(2)9-7-11-15/h6-8,10-12,14H,5,9,13,21H2,1-4H3. The Kier molecular flexibility index (Phi) is 7.15. The predicted octanol–water partition coefficient (Wildman–Crippen LogP) is 3.96. The number of hydrogen-bond donors (Lipinski definition) is 1.